The second-order valence-corrected chi connectivity index (χ2v) is 9.63. The Morgan fingerprint density at radius 2 is 0.962 bits per heavy atom. The maximum atomic E-state index is 2.44. The fraction of sp³-hybridized carbons (Fsp3) is 1.00. The van der Waals surface area contributed by atoms with Gasteiger partial charge in [0.1, 0.15) is 0 Å². The Labute approximate surface area is 198 Å². The van der Waals surface area contributed by atoms with Crippen LogP contribution in [0.4, 0.5) is 0 Å². The van der Waals surface area contributed by atoms with Crippen molar-refractivity contribution in [1.29, 1.82) is 0 Å². The predicted molar refractivity (Wildman–Crippen MR) is 104 cm³/mol. The number of hydrogen-bond acceptors (Lipinski definition) is 0. The lowest BCUT2D eigenvalue weighted by atomic mass is 9.69. The van der Waals surface area contributed by atoms with Crippen molar-refractivity contribution in [3.63, 3.8) is 0 Å². The Morgan fingerprint density at radius 3 is 1.31 bits per heavy atom. The van der Waals surface area contributed by atoms with E-state index < -0.39 is 0 Å². The summed E-state index contributed by atoms with van der Waals surface area (Å²) in [5.41, 5.74) is 0.713. The van der Waals surface area contributed by atoms with Gasteiger partial charge in [-0.05, 0) is 32.1 Å². The zero-order valence-corrected chi connectivity index (χ0v) is 21.9. The van der Waals surface area contributed by atoms with E-state index in [1.165, 1.54) is 119 Å². The van der Waals surface area contributed by atoms with E-state index in [4.69, 9.17) is 0 Å². The molecular weight excluding hydrogens is 546 g/mol. The average molecular weight is 590 g/mol. The lowest BCUT2D eigenvalue weighted by molar-refractivity contribution is -0.918. The fourth-order valence-electron chi connectivity index (χ4n) is 6.28. The smallest absolute Gasteiger partial charge is 0.0791 e. The molecule has 26 heavy (non-hydrogen) atoms. The van der Waals surface area contributed by atoms with Gasteiger partial charge in [-0.2, -0.15) is 0 Å². The van der Waals surface area contributed by atoms with Crippen molar-refractivity contribution in [2.75, 3.05) is 52.4 Å². The van der Waals surface area contributed by atoms with Crippen LogP contribution < -0.4 is 48.0 Å². The molecule has 3 aliphatic rings. The highest BCUT2D eigenvalue weighted by atomic mass is 127. The summed E-state index contributed by atoms with van der Waals surface area (Å²) in [6, 6.07) is 0. The summed E-state index contributed by atoms with van der Waals surface area (Å²) in [6.07, 6.45) is 16.6. The largest absolute Gasteiger partial charge is 1.00 e. The molecule has 0 radical (unpaired) electrons. The van der Waals surface area contributed by atoms with Gasteiger partial charge in [0.25, 0.3) is 0 Å². The van der Waals surface area contributed by atoms with Crippen LogP contribution >= 0.6 is 0 Å². The molecule has 0 bridgehead atoms. The third kappa shape index (κ3) is 6.19. The highest BCUT2D eigenvalue weighted by molar-refractivity contribution is 4.83. The quantitative estimate of drug-likeness (QED) is 0.251. The van der Waals surface area contributed by atoms with Gasteiger partial charge in [0, 0.05) is 38.5 Å². The van der Waals surface area contributed by atoms with Crippen molar-refractivity contribution < 1.29 is 56.9 Å². The summed E-state index contributed by atoms with van der Waals surface area (Å²) in [7, 11) is 0. The van der Waals surface area contributed by atoms with Crippen molar-refractivity contribution in [3.8, 4) is 0 Å². The van der Waals surface area contributed by atoms with Gasteiger partial charge in [-0.3, -0.25) is 0 Å². The second-order valence-electron chi connectivity index (χ2n) is 9.63. The molecule has 156 valence electrons. The molecule has 0 aromatic carbocycles. The minimum atomic E-state index is 0. The van der Waals surface area contributed by atoms with Crippen LogP contribution in [0.1, 0.15) is 84.5 Å². The molecule has 0 spiro atoms. The van der Waals surface area contributed by atoms with Gasteiger partial charge in [0.2, 0.25) is 0 Å². The Hall–Kier alpha value is 1.38. The zero-order valence-electron chi connectivity index (χ0n) is 17.6. The monoisotopic (exact) mass is 590 g/mol. The van der Waals surface area contributed by atoms with Gasteiger partial charge in [-0.1, -0.05) is 19.3 Å². The Morgan fingerprint density at radius 1 is 0.577 bits per heavy atom. The van der Waals surface area contributed by atoms with Crippen LogP contribution in [0.25, 0.3) is 0 Å². The summed E-state index contributed by atoms with van der Waals surface area (Å²) in [5.74, 6) is 0. The summed E-state index contributed by atoms with van der Waals surface area (Å²) >= 11 is 0. The van der Waals surface area contributed by atoms with Crippen molar-refractivity contribution >= 4 is 0 Å². The molecule has 1 aliphatic carbocycles. The standard InChI is InChI=1S/C22H44N2.2HI/c1-3-23(16-8-9-17-23)20-14-22(12-6-5-7-13-22)15-21-24(4-2)18-10-11-19-24;;/h3-21H2,1-2H3;2*1H/q+2;;/p-2. The molecule has 0 aromatic rings. The molecule has 0 amide bonds. The molecular formula is C22H44I2N2. The normalized spacial score (nSPS) is 26.1. The third-order valence-corrected chi connectivity index (χ3v) is 8.52. The first kappa shape index (κ1) is 25.4. The topological polar surface area (TPSA) is 0 Å². The summed E-state index contributed by atoms with van der Waals surface area (Å²) in [4.78, 5) is 0. The first-order valence-electron chi connectivity index (χ1n) is 11.4. The van der Waals surface area contributed by atoms with Crippen LogP contribution in [-0.4, -0.2) is 61.3 Å². The number of quaternary nitrogens is 2. The first-order valence-corrected chi connectivity index (χ1v) is 11.4. The maximum Gasteiger partial charge on any atom is 0.0791 e. The van der Waals surface area contributed by atoms with Crippen molar-refractivity contribution in [2.24, 2.45) is 5.41 Å². The highest BCUT2D eigenvalue weighted by Gasteiger charge is 2.40. The van der Waals surface area contributed by atoms with E-state index in [2.05, 4.69) is 13.8 Å². The van der Waals surface area contributed by atoms with Gasteiger partial charge in [0.05, 0.1) is 52.4 Å². The van der Waals surface area contributed by atoms with E-state index in [0.717, 1.165) is 0 Å². The van der Waals surface area contributed by atoms with Crippen LogP contribution in [0.2, 0.25) is 0 Å². The summed E-state index contributed by atoms with van der Waals surface area (Å²) in [5, 5.41) is 0. The van der Waals surface area contributed by atoms with E-state index in [9.17, 15) is 0 Å². The van der Waals surface area contributed by atoms with E-state index in [0.29, 0.717) is 5.41 Å². The van der Waals surface area contributed by atoms with E-state index in [1.54, 1.807) is 12.8 Å². The van der Waals surface area contributed by atoms with E-state index in [1.807, 2.05) is 0 Å². The molecule has 0 atom stereocenters. The predicted octanol–water partition coefficient (Wildman–Crippen LogP) is -1.01. The number of likely N-dealkylation sites (tertiary alicyclic amines) is 2. The Bertz CT molecular complexity index is 352. The third-order valence-electron chi connectivity index (χ3n) is 8.52. The molecule has 0 aromatic heterocycles. The van der Waals surface area contributed by atoms with E-state index in [-0.39, 0.29) is 48.0 Å². The Kier molecular flexibility index (Phi) is 11.3. The lowest BCUT2D eigenvalue weighted by Gasteiger charge is -2.44. The van der Waals surface area contributed by atoms with Crippen LogP contribution in [0, 0.1) is 5.41 Å². The summed E-state index contributed by atoms with van der Waals surface area (Å²) in [6.45, 7) is 16.5. The molecule has 0 unspecified atom stereocenters. The summed E-state index contributed by atoms with van der Waals surface area (Å²) < 4.78 is 2.91. The maximum absolute atomic E-state index is 2.44. The lowest BCUT2D eigenvalue weighted by Crippen LogP contribution is -3.00. The molecule has 2 heterocycles. The first-order chi connectivity index (χ1) is 11.7. The Balaban J connectivity index is 0.00000169. The number of rotatable bonds is 8. The molecule has 3 fully saturated rings. The van der Waals surface area contributed by atoms with Crippen LogP contribution in [-0.2, 0) is 0 Å². The average Bonchev–Trinajstić information content (AvgIpc) is 3.30. The molecule has 2 nitrogen and oxygen atoms in total. The molecule has 1 saturated carbocycles. The van der Waals surface area contributed by atoms with Crippen molar-refractivity contribution in [1.82, 2.24) is 0 Å². The van der Waals surface area contributed by atoms with Gasteiger partial charge in [-0.15, -0.1) is 0 Å². The molecule has 0 N–H and O–H groups in total. The van der Waals surface area contributed by atoms with Crippen LogP contribution in [0.3, 0.4) is 0 Å². The van der Waals surface area contributed by atoms with Gasteiger partial charge < -0.3 is 56.9 Å². The molecule has 3 rings (SSSR count). The number of nitrogens with zero attached hydrogens (tertiary/aromatic N) is 2. The van der Waals surface area contributed by atoms with Gasteiger partial charge >= 0.3 is 0 Å². The number of halogens is 2. The number of hydrogen-bond donors (Lipinski definition) is 0. The second kappa shape index (κ2) is 11.5. The minimum absolute atomic E-state index is 0. The SMILES string of the molecule is CC[N+]1(CCC2(CC[N+]3(CC)CCCC3)CCCCC2)CCCC1.[I-].[I-]. The molecule has 2 aliphatic heterocycles. The fourth-order valence-corrected chi connectivity index (χ4v) is 6.28. The highest BCUT2D eigenvalue weighted by Crippen LogP contribution is 2.44. The van der Waals surface area contributed by atoms with Gasteiger partial charge in [-0.25, -0.2) is 0 Å². The molecule has 4 heteroatoms. The van der Waals surface area contributed by atoms with Crippen molar-refractivity contribution in [3.05, 3.63) is 0 Å². The zero-order chi connectivity index (χ0) is 16.9. The van der Waals surface area contributed by atoms with E-state index >= 15 is 0 Å². The minimum Gasteiger partial charge on any atom is -1.00 e. The van der Waals surface area contributed by atoms with Crippen molar-refractivity contribution in [2.45, 2.75) is 84.5 Å². The van der Waals surface area contributed by atoms with Crippen LogP contribution in [0.5, 0.6) is 0 Å². The molecule has 2 saturated heterocycles. The van der Waals surface area contributed by atoms with Gasteiger partial charge in [0.15, 0.2) is 0 Å². The van der Waals surface area contributed by atoms with Crippen LogP contribution in [0.15, 0.2) is 0 Å².